The van der Waals surface area contributed by atoms with E-state index in [0.717, 1.165) is 72.1 Å². The number of amides is 1. The number of hydrogen-bond acceptors (Lipinski definition) is 5. The summed E-state index contributed by atoms with van der Waals surface area (Å²) in [6.45, 7) is 6.19. The summed E-state index contributed by atoms with van der Waals surface area (Å²) >= 11 is 6.07. The maximum Gasteiger partial charge on any atom is 0.333 e. The van der Waals surface area contributed by atoms with Gasteiger partial charge in [-0.1, -0.05) is 23.7 Å². The number of pyridine rings is 1. The topological polar surface area (TPSA) is 90.0 Å². The van der Waals surface area contributed by atoms with Gasteiger partial charge in [0.2, 0.25) is 0 Å². The van der Waals surface area contributed by atoms with E-state index < -0.39 is 0 Å². The summed E-state index contributed by atoms with van der Waals surface area (Å²) in [4.78, 5) is 33.3. The Morgan fingerprint density at radius 3 is 2.49 bits per heavy atom. The molecule has 1 fully saturated rings. The minimum absolute atomic E-state index is 0.0300. The molecular formula is C33H38ClN7O2. The molecule has 1 amide bonds. The normalized spacial score (nSPS) is 17.3. The minimum atomic E-state index is -0.134. The number of halogens is 1. The van der Waals surface area contributed by atoms with Crippen molar-refractivity contribution in [3.05, 3.63) is 87.2 Å². The monoisotopic (exact) mass is 599 g/mol. The second-order valence-electron chi connectivity index (χ2n) is 12.0. The van der Waals surface area contributed by atoms with E-state index >= 15 is 0 Å². The predicted molar refractivity (Wildman–Crippen MR) is 171 cm³/mol. The fraction of sp³-hybridized carbons (Fsp3) is 0.394. The summed E-state index contributed by atoms with van der Waals surface area (Å²) in [6.07, 6.45) is 5.15. The first kappa shape index (κ1) is 29.1. The molecule has 2 aromatic carbocycles. The molecule has 0 bridgehead atoms. The van der Waals surface area contributed by atoms with E-state index in [-0.39, 0.29) is 17.6 Å². The van der Waals surface area contributed by atoms with Gasteiger partial charge in [0.1, 0.15) is 0 Å². The number of hydrogen-bond donors (Lipinski definition) is 1. The Balaban J connectivity index is 1.21. The van der Waals surface area contributed by atoms with Crippen LogP contribution in [0.5, 0.6) is 0 Å². The zero-order chi connectivity index (χ0) is 30.2. The molecule has 0 saturated heterocycles. The zero-order valence-corrected chi connectivity index (χ0v) is 25.9. The van der Waals surface area contributed by atoms with Gasteiger partial charge in [0.25, 0.3) is 5.91 Å². The van der Waals surface area contributed by atoms with E-state index in [1.165, 1.54) is 0 Å². The van der Waals surface area contributed by atoms with Gasteiger partial charge in [0.05, 0.1) is 50.8 Å². The Kier molecular flexibility index (Phi) is 8.11. The lowest BCUT2D eigenvalue weighted by molar-refractivity contribution is 0.0919. The molecule has 0 spiro atoms. The van der Waals surface area contributed by atoms with Crippen molar-refractivity contribution in [3.8, 4) is 5.69 Å². The maximum atomic E-state index is 14.0. The summed E-state index contributed by atoms with van der Waals surface area (Å²) < 4.78 is 5.81. The van der Waals surface area contributed by atoms with Gasteiger partial charge in [0.15, 0.2) is 0 Å². The Morgan fingerprint density at radius 1 is 1.00 bits per heavy atom. The summed E-state index contributed by atoms with van der Waals surface area (Å²) in [5.41, 5.74) is 5.87. The van der Waals surface area contributed by atoms with E-state index in [1.807, 2.05) is 58.0 Å². The number of imidazole rings is 1. The van der Waals surface area contributed by atoms with Gasteiger partial charge in [-0.15, -0.1) is 0 Å². The molecule has 0 atom stereocenters. The van der Waals surface area contributed by atoms with E-state index in [0.29, 0.717) is 28.7 Å². The van der Waals surface area contributed by atoms with Crippen LogP contribution in [0.25, 0.3) is 27.6 Å². The second-order valence-corrected chi connectivity index (χ2v) is 12.4. The number of nitrogens with one attached hydrogen (secondary N) is 1. The molecule has 1 aliphatic rings. The second kappa shape index (κ2) is 12.0. The average Bonchev–Trinajstić information content (AvgIpc) is 3.46. The van der Waals surface area contributed by atoms with E-state index in [2.05, 4.69) is 41.4 Å². The van der Waals surface area contributed by atoms with Gasteiger partial charge in [-0.2, -0.15) is 5.10 Å². The van der Waals surface area contributed by atoms with Gasteiger partial charge >= 0.3 is 5.69 Å². The van der Waals surface area contributed by atoms with Crippen LogP contribution in [0.2, 0.25) is 5.02 Å². The molecule has 3 heterocycles. The predicted octanol–water partition coefficient (Wildman–Crippen LogP) is 5.36. The van der Waals surface area contributed by atoms with Crippen LogP contribution < -0.4 is 11.0 Å². The summed E-state index contributed by atoms with van der Waals surface area (Å²) in [7, 11) is 4.12. The standard InChI is InChI=1S/C33H38ClN7O2/c1-21-28(17-24(34)19-35-21)32(42)36-25-11-9-23(10-12-25)20-39-30-7-5-6-8-31(30)41(33(39)43)26-13-14-29-27(18-26)22(2)37-40(29)16-15-38(3)4/h5-8,13-14,17-19,23,25H,9-12,15-16,20H2,1-4H3,(H,36,42). The lowest BCUT2D eigenvalue weighted by atomic mass is 9.85. The third kappa shape index (κ3) is 5.84. The number of para-hydroxylation sites is 2. The molecule has 5 aromatic rings. The molecule has 43 heavy (non-hydrogen) atoms. The molecule has 0 unspecified atom stereocenters. The van der Waals surface area contributed by atoms with Crippen LogP contribution in [0.3, 0.4) is 0 Å². The van der Waals surface area contributed by atoms with Crippen molar-refractivity contribution in [1.29, 1.82) is 0 Å². The lowest BCUT2D eigenvalue weighted by Crippen LogP contribution is -2.39. The number of aryl methyl sites for hydroxylation is 2. The van der Waals surface area contributed by atoms with Crippen molar-refractivity contribution in [1.82, 2.24) is 34.1 Å². The molecule has 9 nitrogen and oxygen atoms in total. The third-order valence-corrected chi connectivity index (χ3v) is 8.90. The Bertz CT molecular complexity index is 1860. The van der Waals surface area contributed by atoms with Gasteiger partial charge in [-0.05, 0) is 95.9 Å². The van der Waals surface area contributed by atoms with Crippen molar-refractivity contribution in [3.63, 3.8) is 0 Å². The average molecular weight is 600 g/mol. The van der Waals surface area contributed by atoms with Crippen molar-refractivity contribution < 1.29 is 4.79 Å². The van der Waals surface area contributed by atoms with Gasteiger partial charge in [-0.3, -0.25) is 23.6 Å². The lowest BCUT2D eigenvalue weighted by Gasteiger charge is -2.29. The van der Waals surface area contributed by atoms with Crippen molar-refractivity contribution in [2.45, 2.75) is 58.7 Å². The van der Waals surface area contributed by atoms with Crippen LogP contribution in [0.4, 0.5) is 0 Å². The zero-order valence-electron chi connectivity index (χ0n) is 25.2. The number of benzene rings is 2. The van der Waals surface area contributed by atoms with Gasteiger partial charge in [-0.25, -0.2) is 4.79 Å². The fourth-order valence-electron chi connectivity index (χ4n) is 6.31. The molecule has 1 N–H and O–H groups in total. The molecule has 6 rings (SSSR count). The first-order valence-electron chi connectivity index (χ1n) is 14.9. The van der Waals surface area contributed by atoms with Crippen molar-refractivity contribution in [2.75, 3.05) is 20.6 Å². The maximum absolute atomic E-state index is 14.0. The van der Waals surface area contributed by atoms with Crippen LogP contribution >= 0.6 is 11.6 Å². The summed E-state index contributed by atoms with van der Waals surface area (Å²) in [5.74, 6) is 0.213. The Morgan fingerprint density at radius 2 is 1.74 bits per heavy atom. The summed E-state index contributed by atoms with van der Waals surface area (Å²) in [5, 5.41) is 9.46. The number of nitrogens with zero attached hydrogens (tertiary/aromatic N) is 6. The SMILES string of the molecule is Cc1ncc(Cl)cc1C(=O)NC1CCC(Cn2c(=O)n(-c3ccc4c(c3)c(C)nn4CCN(C)C)c3ccccc32)CC1. The van der Waals surface area contributed by atoms with E-state index in [1.54, 1.807) is 12.3 Å². The van der Waals surface area contributed by atoms with Crippen LogP contribution in [0, 0.1) is 19.8 Å². The minimum Gasteiger partial charge on any atom is -0.349 e. The van der Waals surface area contributed by atoms with Crippen LogP contribution in [0.1, 0.15) is 47.4 Å². The molecule has 0 aliphatic heterocycles. The Hall–Kier alpha value is -3.95. The van der Waals surface area contributed by atoms with Crippen LogP contribution in [-0.4, -0.2) is 61.4 Å². The molecule has 224 valence electrons. The quantitative estimate of drug-likeness (QED) is 0.259. The number of carbonyl (C=O) groups excluding carboxylic acids is 1. The highest BCUT2D eigenvalue weighted by molar-refractivity contribution is 6.30. The molecule has 1 saturated carbocycles. The number of fused-ring (bicyclic) bond motifs is 2. The van der Waals surface area contributed by atoms with Crippen LogP contribution in [-0.2, 0) is 13.1 Å². The Labute approximate surface area is 256 Å². The van der Waals surface area contributed by atoms with Crippen molar-refractivity contribution in [2.24, 2.45) is 5.92 Å². The molecule has 0 radical (unpaired) electrons. The highest BCUT2D eigenvalue weighted by Gasteiger charge is 2.26. The summed E-state index contributed by atoms with van der Waals surface area (Å²) in [6, 6.07) is 16.0. The van der Waals surface area contributed by atoms with E-state index in [9.17, 15) is 9.59 Å². The largest absolute Gasteiger partial charge is 0.349 e. The molecule has 3 aromatic heterocycles. The van der Waals surface area contributed by atoms with Gasteiger partial charge < -0.3 is 10.2 Å². The number of rotatable bonds is 8. The first-order valence-corrected chi connectivity index (χ1v) is 15.3. The van der Waals surface area contributed by atoms with Gasteiger partial charge in [0, 0.05) is 30.7 Å². The third-order valence-electron chi connectivity index (χ3n) is 8.69. The number of aromatic nitrogens is 5. The first-order chi connectivity index (χ1) is 20.7. The molecule has 1 aliphatic carbocycles. The van der Waals surface area contributed by atoms with Crippen molar-refractivity contribution >= 4 is 39.4 Å². The van der Waals surface area contributed by atoms with E-state index in [4.69, 9.17) is 16.7 Å². The van der Waals surface area contributed by atoms with Crippen LogP contribution in [0.15, 0.2) is 59.5 Å². The fourth-order valence-corrected chi connectivity index (χ4v) is 6.47. The molecular weight excluding hydrogens is 562 g/mol. The number of carbonyl (C=O) groups is 1. The highest BCUT2D eigenvalue weighted by Crippen LogP contribution is 2.29. The highest BCUT2D eigenvalue weighted by atomic mass is 35.5. The molecule has 10 heteroatoms. The number of likely N-dealkylation sites (N-methyl/N-ethyl adjacent to an activating group) is 1. The smallest absolute Gasteiger partial charge is 0.333 e.